The lowest BCUT2D eigenvalue weighted by atomic mass is 10.1. The normalized spacial score (nSPS) is 19.6. The number of anilines is 1. The fourth-order valence-electron chi connectivity index (χ4n) is 3.99. The van der Waals surface area contributed by atoms with Gasteiger partial charge in [-0.1, -0.05) is 24.3 Å². The zero-order valence-corrected chi connectivity index (χ0v) is 18.9. The minimum atomic E-state index is -0.288. The first kappa shape index (κ1) is 22.9. The van der Waals surface area contributed by atoms with Gasteiger partial charge in [-0.2, -0.15) is 0 Å². The van der Waals surface area contributed by atoms with E-state index in [1.807, 2.05) is 56.0 Å². The number of benzene rings is 2. The Balaban J connectivity index is 1.61. The van der Waals surface area contributed by atoms with E-state index in [0.29, 0.717) is 24.3 Å². The molecule has 3 atom stereocenters. The van der Waals surface area contributed by atoms with Gasteiger partial charge >= 0.3 is 6.03 Å². The Morgan fingerprint density at radius 2 is 1.94 bits per heavy atom. The van der Waals surface area contributed by atoms with Gasteiger partial charge in [0.05, 0.1) is 31.0 Å². The van der Waals surface area contributed by atoms with Crippen molar-refractivity contribution in [3.63, 3.8) is 0 Å². The number of urea groups is 1. The van der Waals surface area contributed by atoms with Crippen LogP contribution in [0.5, 0.6) is 5.75 Å². The molecule has 1 fully saturated rings. The second kappa shape index (κ2) is 10.0. The first-order valence-electron chi connectivity index (χ1n) is 10.6. The summed E-state index contributed by atoms with van der Waals surface area (Å²) in [5, 5.41) is 2.87. The molecule has 3 rings (SSSR count). The van der Waals surface area contributed by atoms with Gasteiger partial charge in [0, 0.05) is 32.2 Å². The molecule has 0 spiro atoms. The van der Waals surface area contributed by atoms with Gasteiger partial charge in [0.25, 0.3) is 0 Å². The van der Waals surface area contributed by atoms with E-state index in [2.05, 4.69) is 5.32 Å². The van der Waals surface area contributed by atoms with Crippen LogP contribution in [0.25, 0.3) is 0 Å². The van der Waals surface area contributed by atoms with Crippen LogP contribution >= 0.6 is 0 Å². The average molecular weight is 430 g/mol. The van der Waals surface area contributed by atoms with Crippen molar-refractivity contribution in [1.29, 1.82) is 0 Å². The van der Waals surface area contributed by atoms with Gasteiger partial charge < -0.3 is 24.6 Å². The van der Waals surface area contributed by atoms with Crippen LogP contribution in [0.3, 0.4) is 0 Å². The van der Waals surface area contributed by atoms with Gasteiger partial charge in [-0.25, -0.2) is 9.18 Å². The Kier molecular flexibility index (Phi) is 7.38. The Bertz CT molecular complexity index is 897. The van der Waals surface area contributed by atoms with E-state index >= 15 is 0 Å². The molecule has 168 valence electrons. The van der Waals surface area contributed by atoms with Crippen LogP contribution in [0.2, 0.25) is 0 Å². The summed E-state index contributed by atoms with van der Waals surface area (Å²) in [7, 11) is 3.35. The maximum absolute atomic E-state index is 14.8. The van der Waals surface area contributed by atoms with Crippen molar-refractivity contribution < 1.29 is 18.7 Å². The van der Waals surface area contributed by atoms with Crippen LogP contribution in [-0.4, -0.2) is 50.4 Å². The highest BCUT2D eigenvalue weighted by Gasteiger charge is 2.24. The smallest absolute Gasteiger partial charge is 0.317 e. The third-order valence-corrected chi connectivity index (χ3v) is 5.71. The highest BCUT2D eigenvalue weighted by molar-refractivity contribution is 5.74. The van der Waals surface area contributed by atoms with Crippen molar-refractivity contribution in [2.75, 3.05) is 32.1 Å². The molecular weight excluding hydrogens is 397 g/mol. The molecule has 1 saturated heterocycles. The van der Waals surface area contributed by atoms with Crippen LogP contribution in [0.4, 0.5) is 14.9 Å². The number of nitrogens with zero attached hydrogens (tertiary/aromatic N) is 2. The van der Waals surface area contributed by atoms with E-state index in [1.54, 1.807) is 25.1 Å². The predicted molar refractivity (Wildman–Crippen MR) is 120 cm³/mol. The first-order valence-corrected chi connectivity index (χ1v) is 10.6. The molecule has 0 aliphatic carbocycles. The average Bonchev–Trinajstić information content (AvgIpc) is 2.75. The summed E-state index contributed by atoms with van der Waals surface area (Å²) in [6.07, 6.45) is 0.116. The van der Waals surface area contributed by atoms with E-state index in [9.17, 15) is 9.18 Å². The second-order valence-corrected chi connectivity index (χ2v) is 8.14. The van der Waals surface area contributed by atoms with Crippen LogP contribution in [0, 0.1) is 5.82 Å². The molecule has 3 unspecified atom stereocenters. The fraction of sp³-hybridized carbons (Fsp3) is 0.458. The van der Waals surface area contributed by atoms with Crippen molar-refractivity contribution in [3.05, 3.63) is 59.4 Å². The summed E-state index contributed by atoms with van der Waals surface area (Å²) in [4.78, 5) is 16.3. The van der Waals surface area contributed by atoms with Crippen molar-refractivity contribution in [3.8, 4) is 5.75 Å². The molecule has 1 heterocycles. The number of methoxy groups -OCH3 is 1. The highest BCUT2D eigenvalue weighted by atomic mass is 19.1. The number of hydrogen-bond donors (Lipinski definition) is 1. The Morgan fingerprint density at radius 3 is 2.58 bits per heavy atom. The molecule has 6 nitrogen and oxygen atoms in total. The summed E-state index contributed by atoms with van der Waals surface area (Å²) in [5.41, 5.74) is 2.20. The van der Waals surface area contributed by atoms with Gasteiger partial charge in [-0.05, 0) is 44.5 Å². The number of halogens is 1. The van der Waals surface area contributed by atoms with E-state index in [4.69, 9.17) is 9.47 Å². The van der Waals surface area contributed by atoms with Crippen molar-refractivity contribution in [2.45, 2.75) is 45.6 Å². The summed E-state index contributed by atoms with van der Waals surface area (Å²) < 4.78 is 25.9. The number of carbonyl (C=O) groups excluding carboxylic acids is 1. The molecule has 7 heteroatoms. The third kappa shape index (κ3) is 5.47. The number of rotatable bonds is 6. The van der Waals surface area contributed by atoms with Crippen molar-refractivity contribution in [1.82, 2.24) is 10.2 Å². The van der Waals surface area contributed by atoms with Crippen molar-refractivity contribution >= 4 is 11.7 Å². The number of ether oxygens (including phenoxy) is 2. The number of para-hydroxylation sites is 1. The van der Waals surface area contributed by atoms with Gasteiger partial charge in [-0.15, -0.1) is 0 Å². The topological polar surface area (TPSA) is 54.0 Å². The summed E-state index contributed by atoms with van der Waals surface area (Å²) in [5.74, 6) is 0.447. The Labute approximate surface area is 183 Å². The number of nitrogens with one attached hydrogen (secondary N) is 1. The molecule has 0 saturated carbocycles. The van der Waals surface area contributed by atoms with E-state index in [-0.39, 0.29) is 36.6 Å². The van der Waals surface area contributed by atoms with E-state index in [1.165, 1.54) is 6.07 Å². The van der Waals surface area contributed by atoms with Gasteiger partial charge in [-0.3, -0.25) is 0 Å². The second-order valence-electron chi connectivity index (χ2n) is 8.14. The zero-order valence-electron chi connectivity index (χ0n) is 18.9. The lowest BCUT2D eigenvalue weighted by Gasteiger charge is -2.37. The minimum Gasteiger partial charge on any atom is -0.496 e. The quantitative estimate of drug-likeness (QED) is 0.742. The van der Waals surface area contributed by atoms with Crippen LogP contribution < -0.4 is 15.0 Å². The molecule has 0 bridgehead atoms. The lowest BCUT2D eigenvalue weighted by Crippen LogP contribution is -2.45. The minimum absolute atomic E-state index is 0.0582. The molecule has 31 heavy (non-hydrogen) atoms. The van der Waals surface area contributed by atoms with Crippen molar-refractivity contribution in [2.24, 2.45) is 0 Å². The molecule has 1 aliphatic heterocycles. The molecule has 2 amide bonds. The van der Waals surface area contributed by atoms with E-state index < -0.39 is 0 Å². The molecule has 2 aromatic carbocycles. The van der Waals surface area contributed by atoms with Crippen LogP contribution in [0.1, 0.15) is 37.9 Å². The Morgan fingerprint density at radius 1 is 1.26 bits per heavy atom. The number of hydrogen-bond acceptors (Lipinski definition) is 4. The van der Waals surface area contributed by atoms with Gasteiger partial charge in [0.1, 0.15) is 11.6 Å². The maximum atomic E-state index is 14.8. The van der Waals surface area contributed by atoms with Gasteiger partial charge in [0.2, 0.25) is 0 Å². The number of morpholine rings is 1. The molecular formula is C24H32FN3O3. The predicted octanol–water partition coefficient (Wildman–Crippen LogP) is 4.35. The number of carbonyl (C=O) groups is 1. The third-order valence-electron chi connectivity index (χ3n) is 5.71. The zero-order chi connectivity index (χ0) is 22.5. The van der Waals surface area contributed by atoms with E-state index in [0.717, 1.165) is 11.3 Å². The molecule has 2 aromatic rings. The number of amides is 2. The summed E-state index contributed by atoms with van der Waals surface area (Å²) in [6.45, 7) is 7.48. The highest BCUT2D eigenvalue weighted by Crippen LogP contribution is 2.28. The SMILES string of the molecule is COc1ccccc1C(C)N(C)C(=O)NCc1ccc(N2CC(C)OC(C)C2)c(F)c1. The monoisotopic (exact) mass is 429 g/mol. The van der Waals surface area contributed by atoms with Crippen LogP contribution in [0.15, 0.2) is 42.5 Å². The molecule has 1 N–H and O–H groups in total. The first-order chi connectivity index (χ1) is 14.8. The lowest BCUT2D eigenvalue weighted by molar-refractivity contribution is -0.00539. The molecule has 0 aromatic heterocycles. The van der Waals surface area contributed by atoms with Gasteiger partial charge in [0.15, 0.2) is 0 Å². The summed E-state index contributed by atoms with van der Waals surface area (Å²) >= 11 is 0. The maximum Gasteiger partial charge on any atom is 0.317 e. The Hall–Kier alpha value is -2.80. The summed E-state index contributed by atoms with van der Waals surface area (Å²) in [6, 6.07) is 12.3. The molecule has 1 aliphatic rings. The van der Waals surface area contributed by atoms with Crippen LogP contribution in [-0.2, 0) is 11.3 Å². The largest absolute Gasteiger partial charge is 0.496 e. The fourth-order valence-corrected chi connectivity index (χ4v) is 3.99. The molecule has 0 radical (unpaired) electrons. The standard InChI is InChI=1S/C24H32FN3O3/c1-16-14-28(15-17(2)31-16)22-11-10-19(12-21(22)25)13-26-24(29)27(4)18(3)20-8-6-7-9-23(20)30-5/h6-12,16-18H,13-15H2,1-5H3,(H,26,29).